The van der Waals surface area contributed by atoms with E-state index < -0.39 is 0 Å². The number of allylic oxidation sites excluding steroid dienone is 1. The summed E-state index contributed by atoms with van der Waals surface area (Å²) in [5.41, 5.74) is 0. The lowest BCUT2D eigenvalue weighted by Gasteiger charge is -2.07. The highest BCUT2D eigenvalue weighted by molar-refractivity contribution is 5.56. The van der Waals surface area contributed by atoms with E-state index in [9.17, 15) is 0 Å². The van der Waals surface area contributed by atoms with E-state index in [1.807, 2.05) is 25.5 Å². The SMILES string of the molecule is CC=CN=CN1CCCC1. The van der Waals surface area contributed by atoms with Crippen molar-refractivity contribution in [2.75, 3.05) is 13.1 Å². The van der Waals surface area contributed by atoms with Gasteiger partial charge >= 0.3 is 0 Å². The van der Waals surface area contributed by atoms with Gasteiger partial charge in [-0.3, -0.25) is 0 Å². The van der Waals surface area contributed by atoms with Crippen molar-refractivity contribution in [3.8, 4) is 0 Å². The first-order valence-electron chi connectivity index (χ1n) is 3.82. The fraction of sp³-hybridized carbons (Fsp3) is 0.625. The minimum atomic E-state index is 1.18. The molecule has 1 heterocycles. The van der Waals surface area contributed by atoms with Crippen molar-refractivity contribution < 1.29 is 0 Å². The average Bonchev–Trinajstić information content (AvgIpc) is 2.41. The summed E-state index contributed by atoms with van der Waals surface area (Å²) in [7, 11) is 0. The van der Waals surface area contributed by atoms with Crippen LogP contribution in [0.15, 0.2) is 17.3 Å². The Morgan fingerprint density at radius 1 is 1.30 bits per heavy atom. The summed E-state index contributed by atoms with van der Waals surface area (Å²) in [5.74, 6) is 0. The summed E-state index contributed by atoms with van der Waals surface area (Å²) >= 11 is 0. The third kappa shape index (κ3) is 2.21. The van der Waals surface area contributed by atoms with Gasteiger partial charge in [0.1, 0.15) is 0 Å². The molecule has 0 unspecified atom stereocenters. The van der Waals surface area contributed by atoms with Gasteiger partial charge in [0.05, 0.1) is 6.34 Å². The van der Waals surface area contributed by atoms with E-state index in [0.717, 1.165) is 0 Å². The molecule has 0 saturated carbocycles. The van der Waals surface area contributed by atoms with E-state index in [1.165, 1.54) is 25.9 Å². The van der Waals surface area contributed by atoms with Crippen LogP contribution in [0.2, 0.25) is 0 Å². The van der Waals surface area contributed by atoms with Crippen molar-refractivity contribution in [3.05, 3.63) is 12.3 Å². The molecule has 56 valence electrons. The number of hydrogen-bond donors (Lipinski definition) is 0. The summed E-state index contributed by atoms with van der Waals surface area (Å²) < 4.78 is 0. The second-order valence-corrected chi connectivity index (χ2v) is 2.49. The van der Waals surface area contributed by atoms with E-state index in [4.69, 9.17) is 0 Å². The molecule has 2 heteroatoms. The van der Waals surface area contributed by atoms with Gasteiger partial charge in [-0.15, -0.1) is 0 Å². The molecular formula is C8H14N2. The normalized spacial score (nSPS) is 19.9. The predicted molar refractivity (Wildman–Crippen MR) is 44.1 cm³/mol. The zero-order valence-electron chi connectivity index (χ0n) is 6.45. The van der Waals surface area contributed by atoms with Gasteiger partial charge in [-0.1, -0.05) is 6.08 Å². The Hall–Kier alpha value is -0.790. The second kappa shape index (κ2) is 4.09. The maximum absolute atomic E-state index is 4.09. The maximum Gasteiger partial charge on any atom is 0.0904 e. The van der Waals surface area contributed by atoms with E-state index in [-0.39, 0.29) is 0 Å². The highest BCUT2D eigenvalue weighted by Crippen LogP contribution is 2.03. The van der Waals surface area contributed by atoms with Crippen LogP contribution in [0.1, 0.15) is 19.8 Å². The minimum Gasteiger partial charge on any atom is -0.363 e. The van der Waals surface area contributed by atoms with Crippen molar-refractivity contribution in [1.29, 1.82) is 0 Å². The first-order chi connectivity index (χ1) is 4.93. The monoisotopic (exact) mass is 138 g/mol. The zero-order valence-corrected chi connectivity index (χ0v) is 6.45. The molecule has 1 aliphatic heterocycles. The number of nitrogens with zero attached hydrogens (tertiary/aromatic N) is 2. The molecule has 0 aromatic heterocycles. The van der Waals surface area contributed by atoms with Crippen LogP contribution in [0.3, 0.4) is 0 Å². The van der Waals surface area contributed by atoms with Crippen LogP contribution >= 0.6 is 0 Å². The van der Waals surface area contributed by atoms with E-state index in [0.29, 0.717) is 0 Å². The maximum atomic E-state index is 4.09. The van der Waals surface area contributed by atoms with Crippen LogP contribution in [-0.4, -0.2) is 24.3 Å². The van der Waals surface area contributed by atoms with Gasteiger partial charge in [-0.2, -0.15) is 0 Å². The Balaban J connectivity index is 2.22. The Morgan fingerprint density at radius 2 is 2.00 bits per heavy atom. The van der Waals surface area contributed by atoms with Crippen LogP contribution < -0.4 is 0 Å². The van der Waals surface area contributed by atoms with Crippen LogP contribution in [0.5, 0.6) is 0 Å². The van der Waals surface area contributed by atoms with Gasteiger partial charge in [-0.05, 0) is 19.8 Å². The lowest BCUT2D eigenvalue weighted by molar-refractivity contribution is 0.536. The molecule has 0 radical (unpaired) electrons. The molecule has 0 amide bonds. The third-order valence-corrected chi connectivity index (χ3v) is 1.61. The number of hydrogen-bond acceptors (Lipinski definition) is 1. The van der Waals surface area contributed by atoms with E-state index in [1.54, 1.807) is 0 Å². The van der Waals surface area contributed by atoms with Crippen molar-refractivity contribution in [2.45, 2.75) is 19.8 Å². The van der Waals surface area contributed by atoms with Crippen LogP contribution in [0.4, 0.5) is 0 Å². The van der Waals surface area contributed by atoms with Gasteiger partial charge in [0.2, 0.25) is 0 Å². The molecule has 0 aromatic carbocycles. The Kier molecular flexibility index (Phi) is 3.00. The molecule has 1 rings (SSSR count). The van der Waals surface area contributed by atoms with Gasteiger partial charge in [-0.25, -0.2) is 4.99 Å². The quantitative estimate of drug-likeness (QED) is 0.418. The van der Waals surface area contributed by atoms with Gasteiger partial charge in [0.25, 0.3) is 0 Å². The second-order valence-electron chi connectivity index (χ2n) is 2.49. The summed E-state index contributed by atoms with van der Waals surface area (Å²) in [4.78, 5) is 6.34. The fourth-order valence-corrected chi connectivity index (χ4v) is 1.08. The highest BCUT2D eigenvalue weighted by Gasteiger charge is 2.05. The molecule has 10 heavy (non-hydrogen) atoms. The first-order valence-corrected chi connectivity index (χ1v) is 3.82. The molecule has 0 aliphatic carbocycles. The molecule has 1 saturated heterocycles. The zero-order chi connectivity index (χ0) is 7.23. The number of likely N-dealkylation sites (tertiary alicyclic amines) is 1. The summed E-state index contributed by atoms with van der Waals surface area (Å²) in [5, 5.41) is 0. The lowest BCUT2D eigenvalue weighted by atomic mass is 10.4. The van der Waals surface area contributed by atoms with Crippen molar-refractivity contribution in [2.24, 2.45) is 4.99 Å². The summed E-state index contributed by atoms with van der Waals surface area (Å²) in [6.45, 7) is 4.34. The predicted octanol–water partition coefficient (Wildman–Crippen LogP) is 1.64. The van der Waals surface area contributed by atoms with Gasteiger partial charge in [0.15, 0.2) is 0 Å². The highest BCUT2D eigenvalue weighted by atomic mass is 15.2. The molecule has 1 fully saturated rings. The Morgan fingerprint density at radius 3 is 2.60 bits per heavy atom. The Labute approximate surface area is 62.3 Å². The molecular weight excluding hydrogens is 124 g/mol. The van der Waals surface area contributed by atoms with Crippen LogP contribution in [-0.2, 0) is 0 Å². The van der Waals surface area contributed by atoms with Crippen molar-refractivity contribution in [3.63, 3.8) is 0 Å². The van der Waals surface area contributed by atoms with E-state index in [2.05, 4.69) is 9.89 Å². The molecule has 1 aliphatic rings. The molecule has 0 bridgehead atoms. The molecule has 2 nitrogen and oxygen atoms in total. The van der Waals surface area contributed by atoms with Gasteiger partial charge < -0.3 is 4.90 Å². The standard InChI is InChI=1S/C8H14N2/c1-2-5-9-8-10-6-3-4-7-10/h2,5,8H,3-4,6-7H2,1H3. The van der Waals surface area contributed by atoms with Crippen LogP contribution in [0.25, 0.3) is 0 Å². The topological polar surface area (TPSA) is 15.6 Å². The number of aliphatic imine (C=N–C) groups is 1. The van der Waals surface area contributed by atoms with E-state index >= 15 is 0 Å². The average molecular weight is 138 g/mol. The largest absolute Gasteiger partial charge is 0.363 e. The molecule has 0 N–H and O–H groups in total. The third-order valence-electron chi connectivity index (χ3n) is 1.61. The first kappa shape index (κ1) is 7.32. The Bertz CT molecular complexity index is 132. The summed E-state index contributed by atoms with van der Waals surface area (Å²) in [6.07, 6.45) is 8.32. The molecule has 0 aromatic rings. The summed E-state index contributed by atoms with van der Waals surface area (Å²) in [6, 6.07) is 0. The van der Waals surface area contributed by atoms with Crippen molar-refractivity contribution in [1.82, 2.24) is 4.90 Å². The lowest BCUT2D eigenvalue weighted by Crippen LogP contribution is -2.15. The number of rotatable bonds is 2. The molecule has 0 atom stereocenters. The molecule has 0 spiro atoms. The van der Waals surface area contributed by atoms with Gasteiger partial charge in [0, 0.05) is 19.3 Å². The minimum absolute atomic E-state index is 1.18. The van der Waals surface area contributed by atoms with Crippen LogP contribution in [0, 0.1) is 0 Å². The smallest absolute Gasteiger partial charge is 0.0904 e. The van der Waals surface area contributed by atoms with Crippen molar-refractivity contribution >= 4 is 6.34 Å². The fourth-order valence-electron chi connectivity index (χ4n) is 1.08.